The summed E-state index contributed by atoms with van der Waals surface area (Å²) >= 11 is 0. The summed E-state index contributed by atoms with van der Waals surface area (Å²) in [6, 6.07) is 9.95. The van der Waals surface area contributed by atoms with Gasteiger partial charge in [-0.25, -0.2) is 12.8 Å². The second-order valence-electron chi connectivity index (χ2n) is 6.93. The van der Waals surface area contributed by atoms with Gasteiger partial charge in [0.05, 0.1) is 4.90 Å². The second-order valence-corrected chi connectivity index (χ2v) is 8.87. The summed E-state index contributed by atoms with van der Waals surface area (Å²) in [6.07, 6.45) is -4.31. The first-order valence-corrected chi connectivity index (χ1v) is 10.9. The number of ether oxygens (including phenoxy) is 1. The highest BCUT2D eigenvalue weighted by atomic mass is 32.2. The van der Waals surface area contributed by atoms with Crippen molar-refractivity contribution in [1.82, 2.24) is 9.21 Å². The number of piperazine rings is 1. The van der Waals surface area contributed by atoms with Crippen molar-refractivity contribution in [3.05, 3.63) is 59.9 Å². The van der Waals surface area contributed by atoms with Crippen molar-refractivity contribution in [2.75, 3.05) is 26.2 Å². The normalized spacial score (nSPS) is 15.7. The largest absolute Gasteiger partial charge is 0.573 e. The highest BCUT2D eigenvalue weighted by molar-refractivity contribution is 7.89. The number of halogens is 4. The van der Waals surface area contributed by atoms with E-state index in [9.17, 15) is 30.8 Å². The first-order valence-electron chi connectivity index (χ1n) is 9.43. The molecule has 1 heterocycles. The molecule has 0 atom stereocenters. The number of alkyl halides is 3. The molecule has 31 heavy (non-hydrogen) atoms. The number of sulfonamides is 1. The maximum Gasteiger partial charge on any atom is 0.573 e. The quantitative estimate of drug-likeness (QED) is 0.621. The van der Waals surface area contributed by atoms with Gasteiger partial charge in [-0.1, -0.05) is 12.1 Å². The molecule has 1 saturated heterocycles. The fraction of sp³-hybridized carbons (Fsp3) is 0.350. The van der Waals surface area contributed by atoms with Crippen LogP contribution in [0.3, 0.4) is 0 Å². The number of aryl methyl sites for hydroxylation is 1. The van der Waals surface area contributed by atoms with E-state index in [2.05, 4.69) is 4.74 Å². The lowest BCUT2D eigenvalue weighted by Crippen LogP contribution is -2.50. The first-order chi connectivity index (χ1) is 14.5. The third kappa shape index (κ3) is 6.17. The fourth-order valence-corrected chi connectivity index (χ4v) is 4.66. The molecule has 0 spiro atoms. The van der Waals surface area contributed by atoms with Crippen molar-refractivity contribution < 1.29 is 35.5 Å². The number of carbonyl (C=O) groups excluding carboxylic acids is 1. The monoisotopic (exact) mass is 460 g/mol. The van der Waals surface area contributed by atoms with Gasteiger partial charge in [0.25, 0.3) is 0 Å². The lowest BCUT2D eigenvalue weighted by atomic mass is 10.1. The highest BCUT2D eigenvalue weighted by Gasteiger charge is 2.32. The van der Waals surface area contributed by atoms with E-state index in [1.165, 1.54) is 16.4 Å². The molecule has 1 aliphatic rings. The molecule has 1 fully saturated rings. The summed E-state index contributed by atoms with van der Waals surface area (Å²) in [7, 11) is -3.91. The number of amides is 1. The number of benzene rings is 2. The van der Waals surface area contributed by atoms with Crippen LogP contribution in [-0.2, 0) is 21.2 Å². The average Bonchev–Trinajstić information content (AvgIpc) is 2.71. The van der Waals surface area contributed by atoms with Gasteiger partial charge in [0.1, 0.15) is 11.6 Å². The summed E-state index contributed by atoms with van der Waals surface area (Å²) in [5.74, 6) is -1.04. The standard InChI is InChI=1S/C20H20F4N2O4S/c21-16-3-1-2-15(14-16)4-9-19(27)25-10-12-26(13-11-25)31(28,29)18-7-5-17(6-8-18)30-20(22,23)24/h1-3,5-8,14H,4,9-13H2. The molecular weight excluding hydrogens is 440 g/mol. The van der Waals surface area contributed by atoms with Crippen molar-refractivity contribution in [3.8, 4) is 5.75 Å². The zero-order valence-corrected chi connectivity index (χ0v) is 17.1. The Hall–Kier alpha value is -2.66. The van der Waals surface area contributed by atoms with Crippen LogP contribution in [-0.4, -0.2) is 56.1 Å². The summed E-state index contributed by atoms with van der Waals surface area (Å²) in [4.78, 5) is 13.8. The molecule has 0 radical (unpaired) electrons. The highest BCUT2D eigenvalue weighted by Crippen LogP contribution is 2.25. The van der Waals surface area contributed by atoms with Crippen molar-refractivity contribution in [2.45, 2.75) is 24.1 Å². The minimum atomic E-state index is -4.86. The Kier molecular flexibility index (Phi) is 6.85. The first kappa shape index (κ1) is 23.0. The fourth-order valence-electron chi connectivity index (χ4n) is 3.24. The Morgan fingerprint density at radius 1 is 1.00 bits per heavy atom. The molecule has 11 heteroatoms. The van der Waals surface area contributed by atoms with Crippen LogP contribution < -0.4 is 4.74 Å². The van der Waals surface area contributed by atoms with Crippen LogP contribution in [0.4, 0.5) is 17.6 Å². The minimum absolute atomic E-state index is 0.0643. The molecule has 0 aromatic heterocycles. The van der Waals surface area contributed by atoms with Crippen LogP contribution in [0.2, 0.25) is 0 Å². The molecular formula is C20H20F4N2O4S. The summed E-state index contributed by atoms with van der Waals surface area (Å²) in [5, 5.41) is 0. The van der Waals surface area contributed by atoms with Gasteiger partial charge in [-0.2, -0.15) is 4.31 Å². The Balaban J connectivity index is 1.55. The molecule has 2 aromatic carbocycles. The van der Waals surface area contributed by atoms with Crippen molar-refractivity contribution >= 4 is 15.9 Å². The third-order valence-electron chi connectivity index (χ3n) is 4.80. The zero-order valence-electron chi connectivity index (χ0n) is 16.3. The topological polar surface area (TPSA) is 66.9 Å². The Labute approximate surface area is 177 Å². The number of nitrogens with zero attached hydrogens (tertiary/aromatic N) is 2. The van der Waals surface area contributed by atoms with Crippen molar-refractivity contribution in [1.29, 1.82) is 0 Å². The van der Waals surface area contributed by atoms with Gasteiger partial charge in [0, 0.05) is 32.6 Å². The molecule has 1 aliphatic heterocycles. The molecule has 0 bridgehead atoms. The average molecular weight is 460 g/mol. The molecule has 0 N–H and O–H groups in total. The van der Waals surface area contributed by atoms with Crippen LogP contribution in [0.25, 0.3) is 0 Å². The van der Waals surface area contributed by atoms with Gasteiger partial charge in [-0.15, -0.1) is 13.2 Å². The van der Waals surface area contributed by atoms with Gasteiger partial charge >= 0.3 is 6.36 Å². The predicted molar refractivity (Wildman–Crippen MR) is 103 cm³/mol. The van der Waals surface area contributed by atoms with E-state index in [1.807, 2.05) is 0 Å². The molecule has 0 unspecified atom stereocenters. The lowest BCUT2D eigenvalue weighted by molar-refractivity contribution is -0.274. The molecule has 6 nitrogen and oxygen atoms in total. The number of rotatable bonds is 6. The Morgan fingerprint density at radius 2 is 1.65 bits per heavy atom. The molecule has 3 rings (SSSR count). The minimum Gasteiger partial charge on any atom is -0.406 e. The number of carbonyl (C=O) groups is 1. The summed E-state index contributed by atoms with van der Waals surface area (Å²) < 4.78 is 80.3. The van der Waals surface area contributed by atoms with Crippen LogP contribution in [0.5, 0.6) is 5.75 Å². The second kappa shape index (κ2) is 9.23. The van der Waals surface area contributed by atoms with Crippen LogP contribution in [0.1, 0.15) is 12.0 Å². The van der Waals surface area contributed by atoms with Gasteiger partial charge in [0.15, 0.2) is 0 Å². The van der Waals surface area contributed by atoms with Crippen LogP contribution in [0, 0.1) is 5.82 Å². The molecule has 0 saturated carbocycles. The summed E-state index contributed by atoms with van der Waals surface area (Å²) in [5.41, 5.74) is 0.701. The van der Waals surface area contributed by atoms with Crippen molar-refractivity contribution in [2.24, 2.45) is 0 Å². The number of hydrogen-bond acceptors (Lipinski definition) is 4. The van der Waals surface area contributed by atoms with Crippen molar-refractivity contribution in [3.63, 3.8) is 0 Å². The zero-order chi connectivity index (χ0) is 22.6. The van der Waals surface area contributed by atoms with E-state index in [-0.39, 0.29) is 49.2 Å². The molecule has 168 valence electrons. The van der Waals surface area contributed by atoms with Gasteiger partial charge in [-0.05, 0) is 48.4 Å². The van der Waals surface area contributed by atoms with Gasteiger partial charge < -0.3 is 9.64 Å². The van der Waals surface area contributed by atoms with Gasteiger partial charge in [-0.3, -0.25) is 4.79 Å². The maximum atomic E-state index is 13.2. The van der Waals surface area contributed by atoms with E-state index >= 15 is 0 Å². The van der Waals surface area contributed by atoms with Crippen LogP contribution in [0.15, 0.2) is 53.4 Å². The summed E-state index contributed by atoms with van der Waals surface area (Å²) in [6.45, 7) is 0.511. The predicted octanol–water partition coefficient (Wildman–Crippen LogP) is 3.19. The van der Waals surface area contributed by atoms with Gasteiger partial charge in [0.2, 0.25) is 15.9 Å². The SMILES string of the molecule is O=C(CCc1cccc(F)c1)N1CCN(S(=O)(=O)c2ccc(OC(F)(F)F)cc2)CC1. The number of hydrogen-bond donors (Lipinski definition) is 0. The molecule has 0 aliphatic carbocycles. The Morgan fingerprint density at radius 3 is 2.23 bits per heavy atom. The van der Waals surface area contributed by atoms with Crippen LogP contribution >= 0.6 is 0 Å². The van der Waals surface area contributed by atoms with E-state index < -0.39 is 22.1 Å². The van der Waals surface area contributed by atoms with E-state index in [1.54, 1.807) is 17.0 Å². The van der Waals surface area contributed by atoms with E-state index in [0.717, 1.165) is 24.3 Å². The third-order valence-corrected chi connectivity index (χ3v) is 6.72. The Bertz CT molecular complexity index is 1020. The molecule has 2 aromatic rings. The molecule has 1 amide bonds. The smallest absolute Gasteiger partial charge is 0.406 e. The van der Waals surface area contributed by atoms with E-state index in [0.29, 0.717) is 12.0 Å². The lowest BCUT2D eigenvalue weighted by Gasteiger charge is -2.34. The maximum absolute atomic E-state index is 13.2. The van der Waals surface area contributed by atoms with E-state index in [4.69, 9.17) is 0 Å².